The zero-order valence-electron chi connectivity index (χ0n) is 39.6. The van der Waals surface area contributed by atoms with Crippen LogP contribution in [0.2, 0.25) is 0 Å². The standard InChI is InChI=1S/C66H50N4O/c1-66(2,50-23-10-4-11-24-50)51-39-42-55(43-40-51)68(52-25-12-5-13-26-52)56-31-20-32-57(45-56)70(62-34-19-18-33-61(62)69(53-27-14-6-15-28-53)54-29-16-7-17-30-54)58-41-37-47-35-36-48-38-44-60-64(63(48)59(47)46-58)71-65(67-60)49-21-8-3-9-22-49/h3-46H,1-2H3. The summed E-state index contributed by atoms with van der Waals surface area (Å²) in [5.74, 6) is 0.605. The monoisotopic (exact) mass is 914 g/mol. The molecule has 1 heterocycles. The molecule has 0 fully saturated rings. The number of oxazole rings is 1. The first kappa shape index (κ1) is 43.1. The van der Waals surface area contributed by atoms with Gasteiger partial charge in [-0.3, -0.25) is 0 Å². The Labute approximate surface area is 414 Å². The molecule has 1 aromatic heterocycles. The molecule has 0 spiro atoms. The van der Waals surface area contributed by atoms with Gasteiger partial charge in [-0.15, -0.1) is 0 Å². The van der Waals surface area contributed by atoms with E-state index in [1.807, 2.05) is 30.3 Å². The maximum Gasteiger partial charge on any atom is 0.227 e. The molecule has 0 bridgehead atoms. The van der Waals surface area contributed by atoms with Gasteiger partial charge < -0.3 is 19.1 Å². The smallest absolute Gasteiger partial charge is 0.227 e. The van der Waals surface area contributed by atoms with Gasteiger partial charge in [0.05, 0.1) is 11.4 Å². The highest BCUT2D eigenvalue weighted by Crippen LogP contribution is 2.48. The molecule has 71 heavy (non-hydrogen) atoms. The van der Waals surface area contributed by atoms with Crippen LogP contribution in [0.3, 0.4) is 0 Å². The minimum absolute atomic E-state index is 0.173. The van der Waals surface area contributed by atoms with E-state index < -0.39 is 0 Å². The second kappa shape index (κ2) is 18.4. The van der Waals surface area contributed by atoms with E-state index in [-0.39, 0.29) is 5.41 Å². The third kappa shape index (κ3) is 8.13. The normalized spacial score (nSPS) is 11.5. The largest absolute Gasteiger partial charge is 0.435 e. The van der Waals surface area contributed by atoms with Crippen molar-refractivity contribution in [2.75, 3.05) is 14.7 Å². The molecule has 11 aromatic carbocycles. The van der Waals surface area contributed by atoms with Crippen molar-refractivity contribution in [2.45, 2.75) is 19.3 Å². The summed E-state index contributed by atoms with van der Waals surface area (Å²) >= 11 is 0. The summed E-state index contributed by atoms with van der Waals surface area (Å²) in [5.41, 5.74) is 14.2. The average Bonchev–Trinajstić information content (AvgIpc) is 3.88. The van der Waals surface area contributed by atoms with E-state index in [2.05, 4.69) is 265 Å². The molecule has 5 nitrogen and oxygen atoms in total. The van der Waals surface area contributed by atoms with E-state index in [4.69, 9.17) is 9.40 Å². The molecular weight excluding hydrogens is 865 g/mol. The number of hydrogen-bond acceptors (Lipinski definition) is 5. The highest BCUT2D eigenvalue weighted by molar-refractivity contribution is 6.19. The van der Waals surface area contributed by atoms with Crippen LogP contribution in [-0.2, 0) is 5.41 Å². The number of fused-ring (bicyclic) bond motifs is 5. The lowest BCUT2D eigenvalue weighted by Gasteiger charge is -2.34. The second-order valence-corrected chi connectivity index (χ2v) is 18.4. The van der Waals surface area contributed by atoms with Crippen LogP contribution in [0.5, 0.6) is 0 Å². The predicted molar refractivity (Wildman–Crippen MR) is 297 cm³/mol. The van der Waals surface area contributed by atoms with Gasteiger partial charge in [-0.2, -0.15) is 0 Å². The van der Waals surface area contributed by atoms with E-state index in [0.29, 0.717) is 5.89 Å². The van der Waals surface area contributed by atoms with Crippen molar-refractivity contribution in [1.29, 1.82) is 0 Å². The minimum Gasteiger partial charge on any atom is -0.435 e. The topological polar surface area (TPSA) is 35.8 Å². The molecule has 0 saturated heterocycles. The molecule has 0 saturated carbocycles. The molecule has 0 unspecified atom stereocenters. The second-order valence-electron chi connectivity index (χ2n) is 18.4. The Bertz CT molecular complexity index is 3740. The molecule has 0 aliphatic carbocycles. The summed E-state index contributed by atoms with van der Waals surface area (Å²) in [4.78, 5) is 12.1. The molecule has 0 atom stereocenters. The zero-order chi connectivity index (χ0) is 47.7. The molecular formula is C66H50N4O. The molecule has 0 amide bonds. The Morgan fingerprint density at radius 1 is 0.352 bits per heavy atom. The fourth-order valence-corrected chi connectivity index (χ4v) is 10.0. The number of nitrogens with zero attached hydrogens (tertiary/aromatic N) is 4. The van der Waals surface area contributed by atoms with Crippen molar-refractivity contribution >= 4 is 83.8 Å². The quantitative estimate of drug-likeness (QED) is 0.114. The number of benzene rings is 11. The molecule has 0 radical (unpaired) electrons. The third-order valence-corrected chi connectivity index (χ3v) is 13.7. The summed E-state index contributed by atoms with van der Waals surface area (Å²) in [6.45, 7) is 4.59. The molecule has 12 rings (SSSR count). The minimum atomic E-state index is -0.173. The Hall–Kier alpha value is -9.19. The lowest BCUT2D eigenvalue weighted by Crippen LogP contribution is -2.19. The number of anilines is 9. The van der Waals surface area contributed by atoms with Gasteiger partial charge in [0.15, 0.2) is 5.58 Å². The molecule has 0 aliphatic heterocycles. The van der Waals surface area contributed by atoms with Crippen molar-refractivity contribution in [3.8, 4) is 11.5 Å². The highest BCUT2D eigenvalue weighted by atomic mass is 16.3. The van der Waals surface area contributed by atoms with E-state index in [0.717, 1.165) is 89.4 Å². The summed E-state index contributed by atoms with van der Waals surface area (Å²) in [6, 6.07) is 94.9. The van der Waals surface area contributed by atoms with E-state index >= 15 is 0 Å². The van der Waals surface area contributed by atoms with Crippen LogP contribution in [0.25, 0.3) is 44.1 Å². The lowest BCUT2D eigenvalue weighted by molar-refractivity contribution is 0.623. The molecule has 0 N–H and O–H groups in total. The first-order valence-corrected chi connectivity index (χ1v) is 24.2. The van der Waals surface area contributed by atoms with Gasteiger partial charge in [-0.1, -0.05) is 172 Å². The van der Waals surface area contributed by atoms with Crippen LogP contribution in [-0.4, -0.2) is 4.98 Å². The summed E-state index contributed by atoms with van der Waals surface area (Å²) in [5, 5.41) is 4.30. The van der Waals surface area contributed by atoms with E-state index in [1.165, 1.54) is 11.1 Å². The Morgan fingerprint density at radius 2 is 0.775 bits per heavy atom. The summed E-state index contributed by atoms with van der Waals surface area (Å²) < 4.78 is 6.73. The molecule has 5 heteroatoms. The van der Waals surface area contributed by atoms with Crippen LogP contribution in [0.15, 0.2) is 271 Å². The van der Waals surface area contributed by atoms with Crippen LogP contribution < -0.4 is 14.7 Å². The maximum atomic E-state index is 6.73. The first-order valence-electron chi connectivity index (χ1n) is 24.2. The van der Waals surface area contributed by atoms with Crippen molar-refractivity contribution in [1.82, 2.24) is 4.98 Å². The van der Waals surface area contributed by atoms with Crippen LogP contribution in [0, 0.1) is 0 Å². The van der Waals surface area contributed by atoms with E-state index in [1.54, 1.807) is 0 Å². The van der Waals surface area contributed by atoms with Gasteiger partial charge >= 0.3 is 0 Å². The van der Waals surface area contributed by atoms with Gasteiger partial charge in [0.2, 0.25) is 5.89 Å². The van der Waals surface area contributed by atoms with Crippen LogP contribution in [0.4, 0.5) is 51.2 Å². The number of aromatic nitrogens is 1. The summed E-state index contributed by atoms with van der Waals surface area (Å²) in [6.07, 6.45) is 0. The van der Waals surface area contributed by atoms with Gasteiger partial charge in [0.25, 0.3) is 0 Å². The predicted octanol–water partition coefficient (Wildman–Crippen LogP) is 18.5. The number of para-hydroxylation sites is 5. The van der Waals surface area contributed by atoms with Gasteiger partial charge in [0, 0.05) is 56.2 Å². The maximum absolute atomic E-state index is 6.73. The van der Waals surface area contributed by atoms with Gasteiger partial charge in [-0.25, -0.2) is 4.98 Å². The summed E-state index contributed by atoms with van der Waals surface area (Å²) in [7, 11) is 0. The Kier molecular flexibility index (Phi) is 11.2. The average molecular weight is 915 g/mol. The van der Waals surface area contributed by atoms with Gasteiger partial charge in [0.1, 0.15) is 5.52 Å². The molecule has 340 valence electrons. The lowest BCUT2D eigenvalue weighted by atomic mass is 9.78. The molecule has 0 aliphatic rings. The van der Waals surface area contributed by atoms with Crippen molar-refractivity contribution in [3.05, 3.63) is 278 Å². The van der Waals surface area contributed by atoms with Gasteiger partial charge in [-0.05, 0) is 136 Å². The molecule has 12 aromatic rings. The highest BCUT2D eigenvalue weighted by Gasteiger charge is 2.26. The number of rotatable bonds is 12. The SMILES string of the molecule is CC(C)(c1ccccc1)c1ccc(N(c2ccccc2)c2cccc(N(c3ccc4ccc5ccc6nc(-c7ccccc7)oc6c5c4c3)c3ccccc3N(c3ccccc3)c3ccccc3)c2)cc1. The first-order chi connectivity index (χ1) is 35.0. The van der Waals surface area contributed by atoms with E-state index in [9.17, 15) is 0 Å². The van der Waals surface area contributed by atoms with Crippen molar-refractivity contribution in [3.63, 3.8) is 0 Å². The van der Waals surface area contributed by atoms with Crippen LogP contribution in [0.1, 0.15) is 25.0 Å². The third-order valence-electron chi connectivity index (χ3n) is 13.7. The Balaban J connectivity index is 1.07. The fourth-order valence-electron chi connectivity index (χ4n) is 10.0. The zero-order valence-corrected chi connectivity index (χ0v) is 39.6. The van der Waals surface area contributed by atoms with Crippen molar-refractivity contribution < 1.29 is 4.42 Å². The number of hydrogen-bond donors (Lipinski definition) is 0. The van der Waals surface area contributed by atoms with Crippen LogP contribution >= 0.6 is 0 Å². The Morgan fingerprint density at radius 3 is 1.39 bits per heavy atom. The fraction of sp³-hybridized carbons (Fsp3) is 0.0455. The van der Waals surface area contributed by atoms with Crippen molar-refractivity contribution in [2.24, 2.45) is 0 Å².